The third-order valence-corrected chi connectivity index (χ3v) is 8.21. The smallest absolute Gasteiger partial charge is 0.230 e. The summed E-state index contributed by atoms with van der Waals surface area (Å²) in [5, 5.41) is 12.6. The number of hydrogen-bond donors (Lipinski definition) is 0. The van der Waals surface area contributed by atoms with E-state index in [4.69, 9.17) is 25.8 Å². The highest BCUT2D eigenvalue weighted by atomic mass is 35.5. The fourth-order valence-electron chi connectivity index (χ4n) is 5.57. The molecule has 47 heavy (non-hydrogen) atoms. The second-order valence-corrected chi connectivity index (χ2v) is 11.4. The molecule has 0 N–H and O–H groups in total. The Bertz CT molecular complexity index is 1780. The van der Waals surface area contributed by atoms with E-state index in [0.29, 0.717) is 43.2 Å². The molecule has 5 aromatic rings. The number of benzene rings is 2. The van der Waals surface area contributed by atoms with Gasteiger partial charge >= 0.3 is 0 Å². The predicted octanol–water partition coefficient (Wildman–Crippen LogP) is 6.91. The van der Waals surface area contributed by atoms with Gasteiger partial charge < -0.3 is 18.8 Å². The largest absolute Gasteiger partial charge is 0.357 e. The zero-order valence-corrected chi connectivity index (χ0v) is 28.1. The van der Waals surface area contributed by atoms with Gasteiger partial charge in [-0.2, -0.15) is 4.68 Å². The average molecular weight is 658 g/mol. The lowest BCUT2D eigenvalue weighted by Gasteiger charge is -2.15. The van der Waals surface area contributed by atoms with Crippen molar-refractivity contribution in [2.75, 3.05) is 20.8 Å². The van der Waals surface area contributed by atoms with Crippen LogP contribution >= 0.6 is 11.6 Å². The van der Waals surface area contributed by atoms with E-state index in [-0.39, 0.29) is 22.9 Å². The first-order chi connectivity index (χ1) is 22.9. The summed E-state index contributed by atoms with van der Waals surface area (Å²) in [6, 6.07) is 21.6. The molecule has 5 rings (SSSR count). The summed E-state index contributed by atoms with van der Waals surface area (Å²) in [5.41, 5.74) is 5.13. The summed E-state index contributed by atoms with van der Waals surface area (Å²) in [5.74, 6) is 1.12. The molecule has 0 aliphatic rings. The molecule has 0 bridgehead atoms. The molecule has 2 aromatic carbocycles. The van der Waals surface area contributed by atoms with Crippen molar-refractivity contribution in [3.8, 4) is 22.5 Å². The van der Waals surface area contributed by atoms with Crippen molar-refractivity contribution in [2.45, 2.75) is 65.5 Å². The number of unbranched alkanes of at least 4 members (excludes halogenated alkanes) is 1. The van der Waals surface area contributed by atoms with Gasteiger partial charge in [0.1, 0.15) is 17.2 Å². The van der Waals surface area contributed by atoms with Gasteiger partial charge in [0.05, 0.1) is 5.69 Å². The number of imidazole rings is 1. The molecule has 3 aromatic heterocycles. The maximum atomic E-state index is 13.9. The van der Waals surface area contributed by atoms with E-state index in [1.54, 1.807) is 22.9 Å². The van der Waals surface area contributed by atoms with Crippen LogP contribution in [0.4, 0.5) is 0 Å². The molecule has 0 aliphatic heterocycles. The first kappa shape index (κ1) is 34.1. The molecular formula is C35H40ClN7O4. The van der Waals surface area contributed by atoms with Gasteiger partial charge in [0.2, 0.25) is 12.1 Å². The Morgan fingerprint density at radius 2 is 1.66 bits per heavy atom. The quantitative estimate of drug-likeness (QED) is 0.0823. The molecule has 0 aliphatic carbocycles. The van der Waals surface area contributed by atoms with E-state index in [1.807, 2.05) is 36.6 Å². The van der Waals surface area contributed by atoms with Crippen molar-refractivity contribution in [2.24, 2.45) is 0 Å². The fourth-order valence-corrected chi connectivity index (χ4v) is 5.85. The van der Waals surface area contributed by atoms with Gasteiger partial charge in [-0.15, -0.1) is 5.10 Å². The molecule has 0 radical (unpaired) electrons. The summed E-state index contributed by atoms with van der Waals surface area (Å²) < 4.78 is 20.1. The van der Waals surface area contributed by atoms with Gasteiger partial charge in [-0.25, -0.2) is 9.97 Å². The molecule has 0 amide bonds. The number of hydrogen-bond acceptors (Lipinski definition) is 9. The molecule has 1 atom stereocenters. The van der Waals surface area contributed by atoms with Gasteiger partial charge in [0.25, 0.3) is 0 Å². The number of pyridine rings is 1. The first-order valence-electron chi connectivity index (χ1n) is 15.8. The van der Waals surface area contributed by atoms with Crippen LogP contribution in [-0.2, 0) is 33.6 Å². The van der Waals surface area contributed by atoms with E-state index in [0.717, 1.165) is 40.9 Å². The number of rotatable bonds is 16. The normalized spacial score (nSPS) is 12.1. The Kier molecular flexibility index (Phi) is 11.6. The Balaban J connectivity index is 1.40. The third-order valence-electron chi connectivity index (χ3n) is 7.95. The Labute approximate surface area is 279 Å². The van der Waals surface area contributed by atoms with Gasteiger partial charge in [-0.1, -0.05) is 79.5 Å². The monoisotopic (exact) mass is 657 g/mol. The summed E-state index contributed by atoms with van der Waals surface area (Å²) in [4.78, 5) is 23.0. The molecule has 246 valence electrons. The summed E-state index contributed by atoms with van der Waals surface area (Å²) in [6.07, 6.45) is 2.31. The number of methoxy groups -OCH3 is 2. The summed E-state index contributed by atoms with van der Waals surface area (Å²) in [7, 11) is 3.05. The molecule has 1 unspecified atom stereocenters. The number of ketones is 1. The van der Waals surface area contributed by atoms with Crippen molar-refractivity contribution < 1.29 is 19.0 Å². The predicted molar refractivity (Wildman–Crippen MR) is 179 cm³/mol. The van der Waals surface area contributed by atoms with Crippen LogP contribution in [0.15, 0.2) is 66.7 Å². The first-order valence-corrected chi connectivity index (χ1v) is 16.2. The lowest BCUT2D eigenvalue weighted by atomic mass is 9.97. The van der Waals surface area contributed by atoms with E-state index in [1.165, 1.54) is 14.2 Å². The third kappa shape index (κ3) is 7.65. The Morgan fingerprint density at radius 3 is 2.36 bits per heavy atom. The summed E-state index contributed by atoms with van der Waals surface area (Å²) in [6.45, 7) is 7.07. The minimum absolute atomic E-state index is 0.177. The Hall–Kier alpha value is -4.29. The SMILES string of the molecule is CCCCc1nc(Cl)c(C(=O)c2cccc(C(OC)OC)n2)n1CCc1ccc(-c2ccccc2-c2nnnn2C(C)OCC)cc1. The van der Waals surface area contributed by atoms with E-state index in [9.17, 15) is 4.79 Å². The van der Waals surface area contributed by atoms with E-state index >= 15 is 0 Å². The molecular weight excluding hydrogens is 618 g/mol. The average Bonchev–Trinajstić information content (AvgIpc) is 3.71. The molecule has 12 heteroatoms. The van der Waals surface area contributed by atoms with Crippen LogP contribution < -0.4 is 0 Å². The minimum atomic E-state index is -0.688. The van der Waals surface area contributed by atoms with Gasteiger partial charge in [0, 0.05) is 39.4 Å². The van der Waals surface area contributed by atoms with E-state index < -0.39 is 6.29 Å². The zero-order chi connectivity index (χ0) is 33.3. The molecule has 0 spiro atoms. The number of carbonyl (C=O) groups excluding carboxylic acids is 1. The lowest BCUT2D eigenvalue weighted by Crippen LogP contribution is -2.17. The fraction of sp³-hybridized carbons (Fsp3) is 0.371. The highest BCUT2D eigenvalue weighted by molar-refractivity contribution is 6.33. The molecule has 11 nitrogen and oxygen atoms in total. The zero-order valence-electron chi connectivity index (χ0n) is 27.4. The van der Waals surface area contributed by atoms with Crippen LogP contribution in [-0.4, -0.2) is 61.4 Å². The number of nitrogens with zero attached hydrogens (tertiary/aromatic N) is 7. The second-order valence-electron chi connectivity index (χ2n) is 11.0. The van der Waals surface area contributed by atoms with Crippen molar-refractivity contribution >= 4 is 17.4 Å². The van der Waals surface area contributed by atoms with Crippen LogP contribution in [0, 0.1) is 0 Å². The van der Waals surface area contributed by atoms with Gasteiger partial charge in [-0.05, 0) is 65.9 Å². The molecule has 0 saturated carbocycles. The van der Waals surface area contributed by atoms with Crippen LogP contribution in [0.25, 0.3) is 22.5 Å². The van der Waals surface area contributed by atoms with E-state index in [2.05, 4.69) is 62.7 Å². The molecule has 0 fully saturated rings. The van der Waals surface area contributed by atoms with Crippen LogP contribution in [0.3, 0.4) is 0 Å². The van der Waals surface area contributed by atoms with Crippen molar-refractivity contribution in [3.05, 3.63) is 100 Å². The van der Waals surface area contributed by atoms with Crippen LogP contribution in [0.1, 0.15) is 79.4 Å². The Morgan fingerprint density at radius 1 is 0.915 bits per heavy atom. The number of halogens is 1. The van der Waals surface area contributed by atoms with Crippen LogP contribution in [0.2, 0.25) is 5.15 Å². The lowest BCUT2D eigenvalue weighted by molar-refractivity contribution is -0.108. The molecule has 3 heterocycles. The topological polar surface area (TPSA) is 119 Å². The maximum absolute atomic E-state index is 13.9. The van der Waals surface area contributed by atoms with Crippen molar-refractivity contribution in [1.82, 2.24) is 34.7 Å². The van der Waals surface area contributed by atoms with Gasteiger partial charge in [-0.3, -0.25) is 4.79 Å². The number of aryl methyl sites for hydroxylation is 2. The highest BCUT2D eigenvalue weighted by Gasteiger charge is 2.25. The highest BCUT2D eigenvalue weighted by Crippen LogP contribution is 2.32. The van der Waals surface area contributed by atoms with Crippen molar-refractivity contribution in [1.29, 1.82) is 0 Å². The van der Waals surface area contributed by atoms with Crippen LogP contribution in [0.5, 0.6) is 0 Å². The standard InChI is InChI=1S/C35H40ClN7O4/c1-6-8-16-30-38-33(36)31(32(44)28-14-11-15-29(37-28)35(45-4)46-5)42(30)22-21-24-17-19-25(20-18-24)26-12-9-10-13-27(26)34-39-40-41-43(34)23(3)47-7-2/h9-15,17-20,23,35H,6-8,16,21-22H2,1-5H3. The number of carbonyl (C=O) groups is 1. The number of tetrazole rings is 1. The summed E-state index contributed by atoms with van der Waals surface area (Å²) >= 11 is 6.65. The van der Waals surface area contributed by atoms with Crippen molar-refractivity contribution in [3.63, 3.8) is 0 Å². The second kappa shape index (κ2) is 16.0. The van der Waals surface area contributed by atoms with Gasteiger partial charge in [0.15, 0.2) is 17.2 Å². The maximum Gasteiger partial charge on any atom is 0.230 e. The number of aromatic nitrogens is 7. The molecule has 0 saturated heterocycles. The minimum Gasteiger partial charge on any atom is -0.357 e. The number of ether oxygens (including phenoxy) is 3.